The van der Waals surface area contributed by atoms with Crippen LogP contribution in [0.3, 0.4) is 0 Å². The number of benzene rings is 2. The van der Waals surface area contributed by atoms with Gasteiger partial charge in [0, 0.05) is 25.2 Å². The van der Waals surface area contributed by atoms with E-state index in [2.05, 4.69) is 0 Å². The molecule has 0 bridgehead atoms. The van der Waals surface area contributed by atoms with E-state index in [9.17, 15) is 18.4 Å². The average Bonchev–Trinajstić information content (AvgIpc) is 2.98. The smallest absolute Gasteiger partial charge is 0.253 e. The third-order valence-electron chi connectivity index (χ3n) is 4.77. The molecular weight excluding hydrogens is 382 g/mol. The van der Waals surface area contributed by atoms with Gasteiger partial charge in [0.2, 0.25) is 5.91 Å². The number of rotatable bonds is 6. The number of thioether (sulfide) groups is 1. The molecule has 1 aliphatic heterocycles. The number of carbonyl (C=O) groups excluding carboxylic acids is 2. The number of halogens is 2. The lowest BCUT2D eigenvalue weighted by atomic mass is 10.2. The predicted molar refractivity (Wildman–Crippen MR) is 106 cm³/mol. The molecule has 1 aliphatic rings. The van der Waals surface area contributed by atoms with Gasteiger partial charge < -0.3 is 9.80 Å². The number of hydrogen-bond acceptors (Lipinski definition) is 3. The summed E-state index contributed by atoms with van der Waals surface area (Å²) in [7, 11) is 0. The van der Waals surface area contributed by atoms with E-state index in [1.807, 2.05) is 13.8 Å². The van der Waals surface area contributed by atoms with Gasteiger partial charge in [-0.3, -0.25) is 9.59 Å². The van der Waals surface area contributed by atoms with Gasteiger partial charge in [-0.15, -0.1) is 11.8 Å². The Morgan fingerprint density at radius 1 is 1.07 bits per heavy atom. The summed E-state index contributed by atoms with van der Waals surface area (Å²) in [4.78, 5) is 28.7. The highest BCUT2D eigenvalue weighted by atomic mass is 32.2. The third kappa shape index (κ3) is 4.35. The molecule has 4 nitrogen and oxygen atoms in total. The van der Waals surface area contributed by atoms with Crippen molar-refractivity contribution in [2.75, 3.05) is 19.6 Å². The second kappa shape index (κ2) is 8.73. The minimum atomic E-state index is -0.393. The van der Waals surface area contributed by atoms with E-state index >= 15 is 0 Å². The summed E-state index contributed by atoms with van der Waals surface area (Å²) in [5, 5.41) is -0.402. The minimum Gasteiger partial charge on any atom is -0.337 e. The van der Waals surface area contributed by atoms with Crippen molar-refractivity contribution < 1.29 is 18.4 Å². The summed E-state index contributed by atoms with van der Waals surface area (Å²) in [6.07, 6.45) is 0. The van der Waals surface area contributed by atoms with E-state index in [-0.39, 0.29) is 28.3 Å². The normalized spacial score (nSPS) is 19.1. The molecule has 2 aromatic carbocycles. The van der Waals surface area contributed by atoms with Crippen LogP contribution >= 0.6 is 11.8 Å². The van der Waals surface area contributed by atoms with Crippen molar-refractivity contribution >= 4 is 23.6 Å². The summed E-state index contributed by atoms with van der Waals surface area (Å²) >= 11 is 1.52. The molecule has 148 valence electrons. The lowest BCUT2D eigenvalue weighted by Crippen LogP contribution is -2.40. The fraction of sp³-hybridized carbons (Fsp3) is 0.333. The zero-order valence-corrected chi connectivity index (χ0v) is 16.6. The third-order valence-corrected chi connectivity index (χ3v) is 6.17. The topological polar surface area (TPSA) is 40.6 Å². The van der Waals surface area contributed by atoms with E-state index in [4.69, 9.17) is 0 Å². The zero-order chi connectivity index (χ0) is 20.3. The molecule has 0 spiro atoms. The molecule has 2 amide bonds. The van der Waals surface area contributed by atoms with Crippen LogP contribution in [0.15, 0.2) is 48.5 Å². The van der Waals surface area contributed by atoms with Crippen LogP contribution in [0.25, 0.3) is 0 Å². The Morgan fingerprint density at radius 2 is 1.64 bits per heavy atom. The first kappa shape index (κ1) is 20.3. The maximum Gasteiger partial charge on any atom is 0.253 e. The highest BCUT2D eigenvalue weighted by Gasteiger charge is 2.38. The minimum absolute atomic E-state index is 0.00427. The molecule has 7 heteroatoms. The van der Waals surface area contributed by atoms with Gasteiger partial charge in [-0.25, -0.2) is 8.78 Å². The molecule has 0 saturated carbocycles. The summed E-state index contributed by atoms with van der Waals surface area (Å²) in [5.74, 6) is -0.909. The van der Waals surface area contributed by atoms with Crippen molar-refractivity contribution in [3.8, 4) is 0 Å². The molecule has 1 fully saturated rings. The molecule has 0 aliphatic carbocycles. The van der Waals surface area contributed by atoms with Gasteiger partial charge in [0.05, 0.1) is 5.25 Å². The van der Waals surface area contributed by atoms with Gasteiger partial charge in [-0.2, -0.15) is 0 Å². The molecular formula is C21H22F2N2O2S. The van der Waals surface area contributed by atoms with Crippen molar-refractivity contribution in [2.24, 2.45) is 0 Å². The van der Waals surface area contributed by atoms with E-state index in [1.54, 1.807) is 21.9 Å². The van der Waals surface area contributed by atoms with Gasteiger partial charge >= 0.3 is 0 Å². The first-order valence-electron chi connectivity index (χ1n) is 9.17. The fourth-order valence-corrected chi connectivity index (χ4v) is 4.50. The number of hydrogen-bond donors (Lipinski definition) is 0. The van der Waals surface area contributed by atoms with Crippen LogP contribution in [-0.2, 0) is 4.79 Å². The van der Waals surface area contributed by atoms with Crippen LogP contribution in [-0.4, -0.2) is 46.5 Å². The van der Waals surface area contributed by atoms with Crippen molar-refractivity contribution in [3.63, 3.8) is 0 Å². The molecule has 28 heavy (non-hydrogen) atoms. The number of likely N-dealkylation sites (N-methyl/N-ethyl adjacent to an activating group) is 1. The van der Waals surface area contributed by atoms with E-state index in [1.165, 1.54) is 48.2 Å². The van der Waals surface area contributed by atoms with Gasteiger partial charge in [0.25, 0.3) is 5.91 Å². The van der Waals surface area contributed by atoms with Gasteiger partial charge in [0.15, 0.2) is 0 Å². The second-order valence-electron chi connectivity index (χ2n) is 6.61. The fourth-order valence-electron chi connectivity index (χ4n) is 3.19. The van der Waals surface area contributed by atoms with E-state index < -0.39 is 5.82 Å². The summed E-state index contributed by atoms with van der Waals surface area (Å²) < 4.78 is 26.3. The Balaban J connectivity index is 1.72. The number of nitrogens with zero attached hydrogens (tertiary/aromatic N) is 2. The van der Waals surface area contributed by atoms with Gasteiger partial charge in [0.1, 0.15) is 17.0 Å². The van der Waals surface area contributed by atoms with Crippen molar-refractivity contribution in [3.05, 3.63) is 71.3 Å². The average molecular weight is 404 g/mol. The molecule has 2 atom stereocenters. The Bertz CT molecular complexity index is 842. The van der Waals surface area contributed by atoms with Crippen LogP contribution in [0.1, 0.15) is 35.1 Å². The molecule has 0 N–H and O–H groups in total. The molecule has 1 heterocycles. The Labute approximate surface area is 167 Å². The van der Waals surface area contributed by atoms with Crippen LogP contribution < -0.4 is 0 Å². The van der Waals surface area contributed by atoms with E-state index in [0.717, 1.165) is 5.56 Å². The predicted octanol–water partition coefficient (Wildman–Crippen LogP) is 4.09. The van der Waals surface area contributed by atoms with Crippen LogP contribution in [0.2, 0.25) is 0 Å². The zero-order valence-electron chi connectivity index (χ0n) is 15.8. The quantitative estimate of drug-likeness (QED) is 0.728. The lowest BCUT2D eigenvalue weighted by molar-refractivity contribution is -0.130. The summed E-state index contributed by atoms with van der Waals surface area (Å²) in [6, 6.07) is 11.6. The molecule has 2 aromatic rings. The Kier molecular flexibility index (Phi) is 6.34. The van der Waals surface area contributed by atoms with Crippen LogP contribution in [0, 0.1) is 11.6 Å². The molecule has 0 aromatic heterocycles. The highest BCUT2D eigenvalue weighted by molar-refractivity contribution is 8.01. The standard InChI is InChI=1S/C21H22F2N2O2S/c1-3-24(20(27)15-4-8-17(22)9-5-15)12-13-25-19(26)14(2)28-21(25)16-6-10-18(23)11-7-16/h4-11,14,21H,3,12-13H2,1-2H3/t14-,21-/m1/s1. The van der Waals surface area contributed by atoms with Gasteiger partial charge in [-0.1, -0.05) is 12.1 Å². The van der Waals surface area contributed by atoms with Crippen LogP contribution in [0.4, 0.5) is 8.78 Å². The lowest BCUT2D eigenvalue weighted by Gasteiger charge is -2.28. The molecule has 3 rings (SSSR count). The van der Waals surface area contributed by atoms with E-state index in [0.29, 0.717) is 25.2 Å². The van der Waals surface area contributed by atoms with Crippen LogP contribution in [0.5, 0.6) is 0 Å². The van der Waals surface area contributed by atoms with Gasteiger partial charge in [-0.05, 0) is 55.8 Å². The number of carbonyl (C=O) groups is 2. The Morgan fingerprint density at radius 3 is 2.21 bits per heavy atom. The molecule has 0 unspecified atom stereocenters. The monoisotopic (exact) mass is 404 g/mol. The van der Waals surface area contributed by atoms with Crippen molar-refractivity contribution in [1.29, 1.82) is 0 Å². The Hall–Kier alpha value is -2.41. The molecule has 0 radical (unpaired) electrons. The second-order valence-corrected chi connectivity index (χ2v) is 8.03. The summed E-state index contributed by atoms with van der Waals surface area (Å²) in [5.41, 5.74) is 1.27. The highest BCUT2D eigenvalue weighted by Crippen LogP contribution is 2.42. The van der Waals surface area contributed by atoms with Crippen molar-refractivity contribution in [2.45, 2.75) is 24.5 Å². The first-order chi connectivity index (χ1) is 13.4. The first-order valence-corrected chi connectivity index (χ1v) is 10.1. The molecule has 1 saturated heterocycles. The van der Waals surface area contributed by atoms with Crippen molar-refractivity contribution in [1.82, 2.24) is 9.80 Å². The number of amides is 2. The maximum atomic E-state index is 13.2. The SMILES string of the molecule is CCN(CCN1C(=O)[C@@H](C)S[C@@H]1c1ccc(F)cc1)C(=O)c1ccc(F)cc1. The largest absolute Gasteiger partial charge is 0.337 e. The maximum absolute atomic E-state index is 13.2. The summed E-state index contributed by atoms with van der Waals surface area (Å²) in [6.45, 7) is 4.93.